The van der Waals surface area contributed by atoms with Crippen molar-refractivity contribution in [2.45, 2.75) is 51.0 Å². The quantitative estimate of drug-likeness (QED) is 0.700. The van der Waals surface area contributed by atoms with Gasteiger partial charge in [0.15, 0.2) is 0 Å². The molecule has 0 unspecified atom stereocenters. The average Bonchev–Trinajstić information content (AvgIpc) is 2.25. The van der Waals surface area contributed by atoms with Crippen LogP contribution in [-0.4, -0.2) is 10.6 Å². The van der Waals surface area contributed by atoms with Crippen molar-refractivity contribution in [3.8, 4) is 5.88 Å². The molecule has 0 aromatic carbocycles. The fraction of sp³-hybridized carbons (Fsp3) is 0.615. The van der Waals surface area contributed by atoms with E-state index in [0.717, 1.165) is 18.7 Å². The minimum Gasteiger partial charge on any atom is -0.471 e. The fourth-order valence-electron chi connectivity index (χ4n) is 2.55. The summed E-state index contributed by atoms with van der Waals surface area (Å²) in [5.41, 5.74) is 2.81. The molecule has 0 radical (unpaired) electrons. The number of hydrogen-bond donors (Lipinski definition) is 0. The third-order valence-electron chi connectivity index (χ3n) is 3.82. The summed E-state index contributed by atoms with van der Waals surface area (Å²) in [5.74, 6) is 0.901. The molecule has 1 aliphatic heterocycles. The zero-order chi connectivity index (χ0) is 10.3. The molecule has 1 aromatic rings. The number of aryl methyl sites for hydroxylation is 2. The summed E-state index contributed by atoms with van der Waals surface area (Å²) in [7, 11) is 0. The van der Waals surface area contributed by atoms with Crippen LogP contribution in [0.2, 0.25) is 0 Å². The lowest BCUT2D eigenvalue weighted by Crippen LogP contribution is -2.45. The van der Waals surface area contributed by atoms with Crippen molar-refractivity contribution in [1.29, 1.82) is 0 Å². The van der Waals surface area contributed by atoms with Gasteiger partial charge in [-0.2, -0.15) is 0 Å². The molecule has 80 valence electrons. The van der Waals surface area contributed by atoms with Crippen molar-refractivity contribution < 1.29 is 4.74 Å². The first-order valence-corrected chi connectivity index (χ1v) is 5.98. The van der Waals surface area contributed by atoms with Crippen LogP contribution in [-0.2, 0) is 12.8 Å². The van der Waals surface area contributed by atoms with Gasteiger partial charge in [-0.3, -0.25) is 0 Å². The van der Waals surface area contributed by atoms with Crippen LogP contribution in [0.5, 0.6) is 5.88 Å². The van der Waals surface area contributed by atoms with E-state index in [1.54, 1.807) is 0 Å². The molecule has 0 amide bonds. The highest BCUT2D eigenvalue weighted by molar-refractivity contribution is 5.33. The van der Waals surface area contributed by atoms with E-state index < -0.39 is 0 Å². The number of nitrogens with zero attached hydrogens (tertiary/aromatic N) is 1. The number of aromatic nitrogens is 1. The van der Waals surface area contributed by atoms with Gasteiger partial charge in [0, 0.05) is 11.8 Å². The summed E-state index contributed by atoms with van der Waals surface area (Å²) >= 11 is 0. The summed E-state index contributed by atoms with van der Waals surface area (Å²) in [6, 6.07) is 2.26. The molecular formula is C13H17NO. The Morgan fingerprint density at radius 2 is 2.27 bits per heavy atom. The molecule has 2 heteroatoms. The molecule has 0 atom stereocenters. The third kappa shape index (κ3) is 1.43. The van der Waals surface area contributed by atoms with E-state index in [4.69, 9.17) is 4.74 Å². The zero-order valence-corrected chi connectivity index (χ0v) is 9.25. The van der Waals surface area contributed by atoms with Crippen molar-refractivity contribution in [3.05, 3.63) is 23.4 Å². The molecule has 1 fully saturated rings. The SMILES string of the molecule is CCc1cnc2c(c1)CCC1(CCC1)O2. The molecule has 0 N–H and O–H groups in total. The van der Waals surface area contributed by atoms with E-state index in [1.807, 2.05) is 6.20 Å². The largest absolute Gasteiger partial charge is 0.471 e. The number of rotatable bonds is 1. The van der Waals surface area contributed by atoms with E-state index in [2.05, 4.69) is 18.0 Å². The molecule has 0 bridgehead atoms. The first kappa shape index (κ1) is 9.20. The van der Waals surface area contributed by atoms with Crippen molar-refractivity contribution >= 4 is 0 Å². The molecule has 2 aliphatic rings. The zero-order valence-electron chi connectivity index (χ0n) is 9.25. The normalized spacial score (nSPS) is 21.7. The molecular weight excluding hydrogens is 186 g/mol. The van der Waals surface area contributed by atoms with Gasteiger partial charge < -0.3 is 4.74 Å². The van der Waals surface area contributed by atoms with Crippen molar-refractivity contribution in [1.82, 2.24) is 4.98 Å². The maximum Gasteiger partial charge on any atom is 0.217 e. The molecule has 0 saturated heterocycles. The van der Waals surface area contributed by atoms with E-state index in [-0.39, 0.29) is 5.60 Å². The van der Waals surface area contributed by atoms with Gasteiger partial charge in [-0.05, 0) is 50.2 Å². The Morgan fingerprint density at radius 3 is 2.93 bits per heavy atom. The molecule has 2 heterocycles. The van der Waals surface area contributed by atoms with Gasteiger partial charge in [0.25, 0.3) is 0 Å². The van der Waals surface area contributed by atoms with Gasteiger partial charge in [-0.25, -0.2) is 4.98 Å². The minimum absolute atomic E-state index is 0.174. The molecule has 3 rings (SSSR count). The minimum atomic E-state index is 0.174. The van der Waals surface area contributed by atoms with Gasteiger partial charge in [0.2, 0.25) is 5.88 Å². The predicted molar refractivity (Wildman–Crippen MR) is 59.1 cm³/mol. The van der Waals surface area contributed by atoms with Crippen molar-refractivity contribution in [2.75, 3.05) is 0 Å². The predicted octanol–water partition coefficient (Wildman–Crippen LogP) is 2.89. The van der Waals surface area contributed by atoms with Gasteiger partial charge in [-0.1, -0.05) is 6.92 Å². The highest BCUT2D eigenvalue weighted by Crippen LogP contribution is 2.44. The smallest absolute Gasteiger partial charge is 0.217 e. The van der Waals surface area contributed by atoms with E-state index in [9.17, 15) is 0 Å². The third-order valence-corrected chi connectivity index (χ3v) is 3.82. The highest BCUT2D eigenvalue weighted by Gasteiger charge is 2.42. The lowest BCUT2D eigenvalue weighted by Gasteiger charge is -2.44. The lowest BCUT2D eigenvalue weighted by molar-refractivity contribution is -0.0290. The van der Waals surface area contributed by atoms with Crippen LogP contribution < -0.4 is 4.74 Å². The Bertz CT molecular complexity index is 382. The first-order valence-electron chi connectivity index (χ1n) is 5.98. The maximum atomic E-state index is 6.04. The average molecular weight is 203 g/mol. The van der Waals surface area contributed by atoms with Crippen LogP contribution in [0, 0.1) is 0 Å². The van der Waals surface area contributed by atoms with Gasteiger partial charge >= 0.3 is 0 Å². The Balaban J connectivity index is 1.90. The van der Waals surface area contributed by atoms with Gasteiger partial charge in [-0.15, -0.1) is 0 Å². The Hall–Kier alpha value is -1.05. The first-order chi connectivity index (χ1) is 7.31. The monoisotopic (exact) mass is 203 g/mol. The second kappa shape index (κ2) is 3.22. The summed E-state index contributed by atoms with van der Waals surface area (Å²) in [6.45, 7) is 2.17. The molecule has 1 spiro atoms. The van der Waals surface area contributed by atoms with Crippen molar-refractivity contribution in [3.63, 3.8) is 0 Å². The maximum absolute atomic E-state index is 6.04. The van der Waals surface area contributed by atoms with Crippen molar-refractivity contribution in [2.24, 2.45) is 0 Å². The number of fused-ring (bicyclic) bond motifs is 1. The number of hydrogen-bond acceptors (Lipinski definition) is 2. The van der Waals surface area contributed by atoms with E-state index >= 15 is 0 Å². The van der Waals surface area contributed by atoms with E-state index in [1.165, 1.54) is 36.8 Å². The Kier molecular flexibility index (Phi) is 1.98. The lowest BCUT2D eigenvalue weighted by atomic mass is 9.75. The highest BCUT2D eigenvalue weighted by atomic mass is 16.5. The molecule has 1 aliphatic carbocycles. The van der Waals surface area contributed by atoms with Crippen LogP contribution in [0.25, 0.3) is 0 Å². The second-order valence-electron chi connectivity index (χ2n) is 4.80. The standard InChI is InChI=1S/C13H17NO/c1-2-10-8-11-4-7-13(5-3-6-13)15-12(11)14-9-10/h8-9H,2-7H2,1H3. The summed E-state index contributed by atoms with van der Waals surface area (Å²) in [5, 5.41) is 0. The molecule has 1 aromatic heterocycles. The van der Waals surface area contributed by atoms with Gasteiger partial charge in [0.05, 0.1) is 0 Å². The molecule has 15 heavy (non-hydrogen) atoms. The summed E-state index contributed by atoms with van der Waals surface area (Å²) in [6.07, 6.45) is 9.13. The second-order valence-corrected chi connectivity index (χ2v) is 4.80. The topological polar surface area (TPSA) is 22.1 Å². The summed E-state index contributed by atoms with van der Waals surface area (Å²) < 4.78 is 6.04. The fourth-order valence-corrected chi connectivity index (χ4v) is 2.55. The van der Waals surface area contributed by atoms with Crippen LogP contribution in [0.1, 0.15) is 43.7 Å². The van der Waals surface area contributed by atoms with Crippen LogP contribution in [0.3, 0.4) is 0 Å². The summed E-state index contributed by atoms with van der Waals surface area (Å²) in [4.78, 5) is 4.45. The molecule has 1 saturated carbocycles. The van der Waals surface area contributed by atoms with Crippen LogP contribution in [0.4, 0.5) is 0 Å². The number of ether oxygens (including phenoxy) is 1. The van der Waals surface area contributed by atoms with E-state index in [0.29, 0.717) is 0 Å². The van der Waals surface area contributed by atoms with Crippen LogP contribution in [0.15, 0.2) is 12.3 Å². The Labute approximate surface area is 90.7 Å². The van der Waals surface area contributed by atoms with Gasteiger partial charge in [0.1, 0.15) is 5.60 Å². The molecule has 2 nitrogen and oxygen atoms in total. The number of pyridine rings is 1. The Morgan fingerprint density at radius 1 is 1.40 bits per heavy atom. The van der Waals surface area contributed by atoms with Crippen LogP contribution >= 0.6 is 0 Å².